The van der Waals surface area contributed by atoms with Gasteiger partial charge in [-0.2, -0.15) is 4.31 Å². The number of anilines is 2. The van der Waals surface area contributed by atoms with Crippen molar-refractivity contribution in [1.82, 2.24) is 9.62 Å². The Morgan fingerprint density at radius 1 is 0.717 bits per heavy atom. The van der Waals surface area contributed by atoms with Crippen molar-refractivity contribution >= 4 is 76.1 Å². The Kier molecular flexibility index (Phi) is 15.5. The normalized spacial score (nSPS) is 17.6. The summed E-state index contributed by atoms with van der Waals surface area (Å²) in [6.45, 7) is 1.79. The summed E-state index contributed by atoms with van der Waals surface area (Å²) in [6, 6.07) is 23.8. The smallest absolute Gasteiger partial charge is 0.261 e. The predicted octanol–water partition coefficient (Wildman–Crippen LogP) is 5.53. The van der Waals surface area contributed by atoms with Gasteiger partial charge in [-0.15, -0.1) is 0 Å². The van der Waals surface area contributed by atoms with Crippen LogP contribution in [0.1, 0.15) is 0 Å². The minimum atomic E-state index is -3.72. The molecule has 284 valence electrons. The number of hydrogen-bond donors (Lipinski definition) is 3. The maximum Gasteiger partial charge on any atom is 0.261 e. The van der Waals surface area contributed by atoms with Crippen LogP contribution in [0, 0.1) is 11.6 Å². The average Bonchev–Trinajstić information content (AvgIpc) is 3.16. The average molecular weight is 834 g/mol. The van der Waals surface area contributed by atoms with Crippen molar-refractivity contribution in [2.24, 2.45) is 0 Å². The van der Waals surface area contributed by atoms with Gasteiger partial charge in [-0.1, -0.05) is 59.6 Å². The monoisotopic (exact) mass is 832 g/mol. The third-order valence-electron chi connectivity index (χ3n) is 7.32. The first-order chi connectivity index (χ1) is 25.1. The first kappa shape index (κ1) is 42.0. The third-order valence-corrected chi connectivity index (χ3v) is 11.2. The number of carbonyl (C=O) groups excluding carboxylic acids is 2. The molecule has 3 N–H and O–H groups in total. The molecule has 12 nitrogen and oxygen atoms in total. The molecule has 0 aliphatic carbocycles. The second-order valence-corrected chi connectivity index (χ2v) is 16.4. The Morgan fingerprint density at radius 3 is 1.66 bits per heavy atom. The van der Waals surface area contributed by atoms with Crippen LogP contribution in [0.5, 0.6) is 0 Å². The Hall–Kier alpha value is -3.71. The summed E-state index contributed by atoms with van der Waals surface area (Å²) in [4.78, 5) is 24.4. The molecule has 2 aliphatic heterocycles. The van der Waals surface area contributed by atoms with Crippen molar-refractivity contribution in [2.45, 2.75) is 22.0 Å². The second-order valence-electron chi connectivity index (χ2n) is 11.1. The molecule has 2 heterocycles. The highest BCUT2D eigenvalue weighted by Gasteiger charge is 2.34. The summed E-state index contributed by atoms with van der Waals surface area (Å²) in [5.74, 6) is -2.08. The highest BCUT2D eigenvalue weighted by atomic mass is 35.7. The maximum atomic E-state index is 13.5. The number of nitrogens with zero attached hydrogens (tertiary/aromatic N) is 1. The van der Waals surface area contributed by atoms with E-state index in [2.05, 4.69) is 16.0 Å². The largest absolute Gasteiger partial charge is 0.366 e. The summed E-state index contributed by atoms with van der Waals surface area (Å²) in [5.41, 5.74) is 0.578. The van der Waals surface area contributed by atoms with Gasteiger partial charge in [0.2, 0.25) is 10.0 Å². The maximum absolute atomic E-state index is 13.5. The van der Waals surface area contributed by atoms with Crippen LogP contribution in [0.15, 0.2) is 107 Å². The van der Waals surface area contributed by atoms with Crippen LogP contribution in [0.25, 0.3) is 0 Å². The molecule has 0 bridgehead atoms. The first-order valence-corrected chi connectivity index (χ1v) is 20.2. The number of morpholine rings is 2. The molecule has 2 fully saturated rings. The van der Waals surface area contributed by atoms with E-state index in [1.807, 2.05) is 0 Å². The fourth-order valence-corrected chi connectivity index (χ4v) is 7.13. The number of nitrogens with one attached hydrogen (secondary N) is 3. The quantitative estimate of drug-likeness (QED) is 0.204. The predicted molar refractivity (Wildman–Crippen MR) is 197 cm³/mol. The fraction of sp³-hybridized carbons (Fsp3) is 0.235. The minimum absolute atomic E-state index is 0.0265. The summed E-state index contributed by atoms with van der Waals surface area (Å²) >= 11 is 11.2. The lowest BCUT2D eigenvalue weighted by atomic mass is 10.2. The number of benzene rings is 4. The summed E-state index contributed by atoms with van der Waals surface area (Å²) in [7, 11) is -2.22. The van der Waals surface area contributed by atoms with E-state index < -0.39 is 48.8 Å². The van der Waals surface area contributed by atoms with Gasteiger partial charge in [0, 0.05) is 48.2 Å². The minimum Gasteiger partial charge on any atom is -0.366 e. The van der Waals surface area contributed by atoms with Crippen molar-refractivity contribution in [3.05, 3.63) is 119 Å². The molecule has 2 amide bonds. The molecule has 4 aromatic rings. The first-order valence-electron chi connectivity index (χ1n) is 15.7. The summed E-state index contributed by atoms with van der Waals surface area (Å²) < 4.78 is 85.0. The lowest BCUT2D eigenvalue weighted by molar-refractivity contribution is -0.131. The zero-order valence-electron chi connectivity index (χ0n) is 27.6. The number of amides is 2. The van der Waals surface area contributed by atoms with Crippen LogP contribution in [0.2, 0.25) is 10.0 Å². The molecule has 2 aliphatic rings. The van der Waals surface area contributed by atoms with E-state index in [4.69, 9.17) is 43.4 Å². The lowest BCUT2D eigenvalue weighted by Crippen LogP contribution is -2.49. The number of hydrogen-bond acceptors (Lipinski definition) is 9. The van der Waals surface area contributed by atoms with Gasteiger partial charge in [0.25, 0.3) is 20.9 Å². The summed E-state index contributed by atoms with van der Waals surface area (Å²) in [6.07, 6.45) is -1.54. The van der Waals surface area contributed by atoms with Gasteiger partial charge in [0.15, 0.2) is 0 Å². The highest BCUT2D eigenvalue weighted by Crippen LogP contribution is 2.22. The number of sulfonamides is 1. The molecule has 0 aromatic heterocycles. The Balaban J connectivity index is 0.000000198. The van der Waals surface area contributed by atoms with E-state index in [1.165, 1.54) is 52.8 Å². The van der Waals surface area contributed by atoms with E-state index in [0.29, 0.717) is 18.8 Å². The van der Waals surface area contributed by atoms with E-state index in [-0.39, 0.29) is 51.1 Å². The molecule has 4 aromatic carbocycles. The summed E-state index contributed by atoms with van der Waals surface area (Å²) in [5, 5.41) is 8.09. The van der Waals surface area contributed by atoms with Crippen LogP contribution < -0.4 is 16.0 Å². The van der Waals surface area contributed by atoms with Crippen molar-refractivity contribution in [3.8, 4) is 0 Å². The van der Waals surface area contributed by atoms with Crippen molar-refractivity contribution in [3.63, 3.8) is 0 Å². The number of ether oxygens (including phenoxy) is 2. The zero-order chi connectivity index (χ0) is 38.6. The molecule has 0 spiro atoms. The highest BCUT2D eigenvalue weighted by molar-refractivity contribution is 8.13. The van der Waals surface area contributed by atoms with E-state index in [1.54, 1.807) is 42.5 Å². The molecular weight excluding hydrogens is 801 g/mol. The fourth-order valence-electron chi connectivity index (χ4n) is 4.65. The van der Waals surface area contributed by atoms with Gasteiger partial charge in [0.1, 0.15) is 23.8 Å². The van der Waals surface area contributed by atoms with E-state index >= 15 is 0 Å². The van der Waals surface area contributed by atoms with Gasteiger partial charge < -0.3 is 25.4 Å². The van der Waals surface area contributed by atoms with Crippen LogP contribution in [-0.2, 0) is 38.1 Å². The second kappa shape index (κ2) is 19.6. The van der Waals surface area contributed by atoms with Crippen LogP contribution in [-0.4, -0.2) is 84.6 Å². The number of carbonyl (C=O) groups is 2. The Bertz CT molecular complexity index is 2080. The lowest BCUT2D eigenvalue weighted by Gasteiger charge is -2.31. The molecule has 0 saturated carbocycles. The van der Waals surface area contributed by atoms with E-state index in [0.717, 1.165) is 12.6 Å². The SMILES string of the molecule is O=C(Nc1ccc(Cl)c(F)c1)C1CN(S(=O)(=O)c2ccccc2)CCO1.O=C(Nc1ccc(Cl)c(F)c1)C1CNCCO1.O=S(=O)(Cl)c1ccccc1. The van der Waals surface area contributed by atoms with Gasteiger partial charge in [-0.25, -0.2) is 25.6 Å². The number of rotatable bonds is 7. The topological polar surface area (TPSA) is 160 Å². The van der Waals surface area contributed by atoms with Crippen molar-refractivity contribution < 1.29 is 44.7 Å². The van der Waals surface area contributed by atoms with Crippen molar-refractivity contribution in [1.29, 1.82) is 0 Å². The zero-order valence-corrected chi connectivity index (χ0v) is 31.5. The van der Waals surface area contributed by atoms with Gasteiger partial charge >= 0.3 is 0 Å². The van der Waals surface area contributed by atoms with Crippen molar-refractivity contribution in [2.75, 3.05) is 50.0 Å². The molecule has 6 rings (SSSR count). The molecule has 2 saturated heterocycles. The van der Waals surface area contributed by atoms with Gasteiger partial charge in [-0.3, -0.25) is 9.59 Å². The van der Waals surface area contributed by atoms with Crippen LogP contribution in [0.3, 0.4) is 0 Å². The molecule has 19 heteroatoms. The van der Waals surface area contributed by atoms with Gasteiger partial charge in [0.05, 0.1) is 33.0 Å². The standard InChI is InChI=1S/C17H16ClFN2O4S.C11H12ClFN2O2.C6H5ClO2S/c18-14-7-6-12(10-15(14)19)20-17(22)16-11-21(8-9-25-16)26(23,24)13-4-2-1-3-5-13;12-8-2-1-7(5-9(8)13)15-11(16)10-6-14-3-4-17-10;7-10(8,9)6-4-2-1-3-5-6/h1-7,10,16H,8-9,11H2,(H,20,22);1-2,5,10,14H,3-4,6H2,(H,15,16);1-5H. The molecular formula is C34H33Cl3F2N4O8S2. The molecule has 0 radical (unpaired) electrons. The Morgan fingerprint density at radius 2 is 1.21 bits per heavy atom. The third kappa shape index (κ3) is 12.7. The molecule has 2 atom stereocenters. The van der Waals surface area contributed by atoms with Gasteiger partial charge in [-0.05, 0) is 60.7 Å². The van der Waals surface area contributed by atoms with E-state index in [9.17, 15) is 35.2 Å². The number of halogens is 5. The Labute approximate surface area is 319 Å². The molecule has 2 unspecified atom stereocenters. The molecule has 53 heavy (non-hydrogen) atoms. The van der Waals surface area contributed by atoms with Crippen LogP contribution in [0.4, 0.5) is 20.2 Å². The van der Waals surface area contributed by atoms with Crippen LogP contribution >= 0.6 is 33.9 Å².